The minimum absolute atomic E-state index is 0.293. The van der Waals surface area contributed by atoms with Gasteiger partial charge in [0.05, 0.1) is 19.8 Å². The number of benzene rings is 1. The molecule has 10 nitrogen and oxygen atoms in total. The van der Waals surface area contributed by atoms with E-state index in [1.807, 2.05) is 32.9 Å². The molecule has 204 valence electrons. The van der Waals surface area contributed by atoms with Gasteiger partial charge in [-0.3, -0.25) is 9.69 Å². The largest absolute Gasteiger partial charge is 0.468 e. The number of unbranched alkanes of at least 4 members (excludes halogenated alkanes) is 2. The molecule has 10 heteroatoms. The Morgan fingerprint density at radius 2 is 1.97 bits per heavy atom. The summed E-state index contributed by atoms with van der Waals surface area (Å²) in [6.45, 7) is 7.36. The zero-order chi connectivity index (χ0) is 27.0. The van der Waals surface area contributed by atoms with Crippen molar-refractivity contribution in [3.63, 3.8) is 0 Å². The van der Waals surface area contributed by atoms with Crippen LogP contribution in [0.5, 0.6) is 0 Å². The Balaban J connectivity index is 1.38. The lowest BCUT2D eigenvalue weighted by atomic mass is 9.88. The number of nitrogens with one attached hydrogen (secondary N) is 2. The lowest BCUT2D eigenvalue weighted by molar-refractivity contribution is -0.142. The summed E-state index contributed by atoms with van der Waals surface area (Å²) < 4.78 is 15.6. The Morgan fingerprint density at radius 1 is 1.19 bits per heavy atom. The van der Waals surface area contributed by atoms with Crippen LogP contribution >= 0.6 is 0 Å². The van der Waals surface area contributed by atoms with E-state index in [2.05, 4.69) is 16.7 Å². The van der Waals surface area contributed by atoms with Crippen molar-refractivity contribution in [1.82, 2.24) is 15.5 Å². The molecular weight excluding hydrogens is 478 g/mol. The third-order valence-electron chi connectivity index (χ3n) is 6.85. The molecule has 0 aromatic heterocycles. The van der Waals surface area contributed by atoms with Gasteiger partial charge in [-0.1, -0.05) is 39.0 Å². The van der Waals surface area contributed by atoms with Crippen LogP contribution in [0.2, 0.25) is 0 Å². The summed E-state index contributed by atoms with van der Waals surface area (Å²) >= 11 is 0. The maximum Gasteiger partial charge on any atom is 0.410 e. The van der Waals surface area contributed by atoms with E-state index in [1.165, 1.54) is 12.7 Å². The Labute approximate surface area is 218 Å². The van der Waals surface area contributed by atoms with Crippen molar-refractivity contribution in [1.29, 1.82) is 0 Å². The maximum atomic E-state index is 12.7. The second-order valence-electron chi connectivity index (χ2n) is 10.7. The van der Waals surface area contributed by atoms with Gasteiger partial charge in [0.25, 0.3) is 0 Å². The van der Waals surface area contributed by atoms with E-state index in [1.54, 1.807) is 4.90 Å². The first-order valence-corrected chi connectivity index (χ1v) is 12.9. The summed E-state index contributed by atoms with van der Waals surface area (Å²) in [5.41, 5.74) is 3.12. The number of fused-ring (bicyclic) bond motifs is 1. The van der Waals surface area contributed by atoms with Gasteiger partial charge in [0.1, 0.15) is 18.4 Å². The van der Waals surface area contributed by atoms with Gasteiger partial charge in [-0.2, -0.15) is 0 Å². The zero-order valence-electron chi connectivity index (χ0n) is 22.2. The highest BCUT2D eigenvalue weighted by molar-refractivity contribution is 5.76. The predicted octanol–water partition coefficient (Wildman–Crippen LogP) is 3.09. The Hall–Kier alpha value is -3.14. The molecule has 3 rings (SSSR count). The quantitative estimate of drug-likeness (QED) is 0.210. The lowest BCUT2D eigenvalue weighted by Crippen LogP contribution is -2.45. The molecule has 1 saturated heterocycles. The molecule has 2 heterocycles. The van der Waals surface area contributed by atoms with E-state index >= 15 is 0 Å². The van der Waals surface area contributed by atoms with Gasteiger partial charge < -0.3 is 29.6 Å². The fraction of sp³-hybridized carbons (Fsp3) is 0.630. The van der Waals surface area contributed by atoms with Crippen LogP contribution in [0, 0.1) is 5.41 Å². The number of nitrogens with zero attached hydrogens (tertiary/aromatic N) is 1. The summed E-state index contributed by atoms with van der Waals surface area (Å²) in [4.78, 5) is 49.2. The molecule has 0 unspecified atom stereocenters. The van der Waals surface area contributed by atoms with Crippen molar-refractivity contribution in [2.75, 3.05) is 20.3 Å². The summed E-state index contributed by atoms with van der Waals surface area (Å²) in [5, 5.41) is 5.63. The molecule has 0 aliphatic carbocycles. The number of aldehydes is 1. The first-order valence-electron chi connectivity index (χ1n) is 12.9. The van der Waals surface area contributed by atoms with Gasteiger partial charge in [0.2, 0.25) is 0 Å². The predicted molar refractivity (Wildman–Crippen MR) is 136 cm³/mol. The van der Waals surface area contributed by atoms with Crippen LogP contribution in [0.4, 0.5) is 9.59 Å². The highest BCUT2D eigenvalue weighted by atomic mass is 16.6. The first-order chi connectivity index (χ1) is 17.6. The second-order valence-corrected chi connectivity index (χ2v) is 10.7. The molecule has 1 aromatic rings. The third-order valence-corrected chi connectivity index (χ3v) is 6.85. The van der Waals surface area contributed by atoms with Crippen LogP contribution in [0.3, 0.4) is 0 Å². The molecule has 3 atom stereocenters. The van der Waals surface area contributed by atoms with E-state index in [-0.39, 0.29) is 23.6 Å². The average Bonchev–Trinajstić information content (AvgIpc) is 3.51. The summed E-state index contributed by atoms with van der Waals surface area (Å²) in [7, 11) is 1.34. The highest BCUT2D eigenvalue weighted by Gasteiger charge is 2.34. The van der Waals surface area contributed by atoms with Gasteiger partial charge in [-0.15, -0.1) is 0 Å². The number of methoxy groups -OCH3 is 1. The van der Waals surface area contributed by atoms with Crippen molar-refractivity contribution in [2.24, 2.45) is 5.41 Å². The molecule has 37 heavy (non-hydrogen) atoms. The van der Waals surface area contributed by atoms with E-state index in [4.69, 9.17) is 14.2 Å². The van der Waals surface area contributed by atoms with Crippen molar-refractivity contribution in [3.8, 4) is 0 Å². The molecule has 0 spiro atoms. The average molecular weight is 518 g/mol. The van der Waals surface area contributed by atoms with Crippen LogP contribution < -0.4 is 10.6 Å². The molecule has 0 radical (unpaired) electrons. The monoisotopic (exact) mass is 517 g/mol. The molecule has 2 aliphatic rings. The number of aryl methyl sites for hydroxylation is 1. The number of hydrogen-bond donors (Lipinski definition) is 2. The summed E-state index contributed by atoms with van der Waals surface area (Å²) in [6, 6.07) is 5.10. The van der Waals surface area contributed by atoms with Crippen molar-refractivity contribution in [3.05, 3.63) is 34.9 Å². The molecule has 0 bridgehead atoms. The molecule has 2 aliphatic heterocycles. The number of carbonyl (C=O) groups is 4. The van der Waals surface area contributed by atoms with E-state index in [9.17, 15) is 19.2 Å². The number of esters is 1. The van der Waals surface area contributed by atoms with E-state index in [0.29, 0.717) is 32.7 Å². The number of amides is 2. The van der Waals surface area contributed by atoms with Crippen LogP contribution in [0.1, 0.15) is 63.1 Å². The molecule has 1 fully saturated rings. The van der Waals surface area contributed by atoms with Crippen LogP contribution in [-0.2, 0) is 43.3 Å². The fourth-order valence-corrected chi connectivity index (χ4v) is 4.57. The SMILES string of the molecule is COC(=O)[C@@H]1C[C@@H](OC(=O)N2Cc3cccc(CCCCCOC(=O)N[C@H](C=O)C(C)(C)C)c3C2)CN1. The molecule has 2 N–H and O–H groups in total. The van der Waals surface area contributed by atoms with Gasteiger partial charge >= 0.3 is 18.2 Å². The van der Waals surface area contributed by atoms with Crippen LogP contribution in [0.25, 0.3) is 0 Å². The third kappa shape index (κ3) is 7.92. The number of carbonyl (C=O) groups excluding carboxylic acids is 4. The molecule has 1 aromatic carbocycles. The number of hydrogen-bond acceptors (Lipinski definition) is 8. The zero-order valence-corrected chi connectivity index (χ0v) is 22.2. The second kappa shape index (κ2) is 12.9. The summed E-state index contributed by atoms with van der Waals surface area (Å²) in [5.74, 6) is -0.348. The molecular formula is C27H39N3O7. The Bertz CT molecular complexity index is 975. The normalized spacial score (nSPS) is 19.6. The van der Waals surface area contributed by atoms with E-state index < -0.39 is 18.2 Å². The minimum atomic E-state index is -0.594. The van der Waals surface area contributed by atoms with Gasteiger partial charge in [0.15, 0.2) is 0 Å². The number of rotatable bonds is 10. The van der Waals surface area contributed by atoms with Gasteiger partial charge in [-0.25, -0.2) is 9.59 Å². The van der Waals surface area contributed by atoms with Crippen molar-refractivity contribution < 1.29 is 33.4 Å². The smallest absolute Gasteiger partial charge is 0.410 e. The van der Waals surface area contributed by atoms with Crippen LogP contribution in [0.15, 0.2) is 18.2 Å². The van der Waals surface area contributed by atoms with Gasteiger partial charge in [0, 0.05) is 26.1 Å². The van der Waals surface area contributed by atoms with Gasteiger partial charge in [-0.05, 0) is 47.8 Å². The minimum Gasteiger partial charge on any atom is -0.468 e. The maximum absolute atomic E-state index is 12.7. The summed E-state index contributed by atoms with van der Waals surface area (Å²) in [6.07, 6.45) is 3.22. The highest BCUT2D eigenvalue weighted by Crippen LogP contribution is 2.28. The Kier molecular flexibility index (Phi) is 9.91. The van der Waals surface area contributed by atoms with E-state index in [0.717, 1.165) is 43.1 Å². The van der Waals surface area contributed by atoms with Crippen molar-refractivity contribution >= 4 is 24.4 Å². The van der Waals surface area contributed by atoms with Crippen molar-refractivity contribution in [2.45, 2.75) is 84.2 Å². The lowest BCUT2D eigenvalue weighted by Gasteiger charge is -2.26. The fourth-order valence-electron chi connectivity index (χ4n) is 4.57. The number of alkyl carbamates (subject to hydrolysis) is 1. The topological polar surface area (TPSA) is 123 Å². The first kappa shape index (κ1) is 28.4. The number of ether oxygens (including phenoxy) is 3. The molecule has 2 amide bonds. The Morgan fingerprint density at radius 3 is 2.68 bits per heavy atom. The standard InChI is InChI=1S/C27H39N3O7/c1-27(2,3)23(17-31)29-25(33)36-12-7-5-6-9-18-10-8-11-19-15-30(16-21(18)19)26(34)37-20-13-22(28-14-20)24(32)35-4/h8,10-11,17,20,22-23,28H,5-7,9,12-16H2,1-4H3,(H,29,33)/t20-,22+,23-/m1/s1. The van der Waals surface area contributed by atoms with Crippen LogP contribution in [-0.4, -0.2) is 67.8 Å². The molecule has 0 saturated carbocycles.